The Hall–Kier alpha value is -0.640. The zero-order chi connectivity index (χ0) is 12.9. The Morgan fingerprint density at radius 2 is 2.29 bits per heavy atom. The minimum absolute atomic E-state index is 0.292. The van der Waals surface area contributed by atoms with E-state index in [4.69, 9.17) is 0 Å². The molecule has 0 radical (unpaired) electrons. The van der Waals surface area contributed by atoms with Crippen LogP contribution in [-0.2, 0) is 6.42 Å². The fourth-order valence-electron chi connectivity index (χ4n) is 1.39. The molecule has 1 atom stereocenters. The van der Waals surface area contributed by atoms with Crippen LogP contribution in [0.2, 0.25) is 0 Å². The van der Waals surface area contributed by atoms with Crippen molar-refractivity contribution in [2.75, 3.05) is 5.75 Å². The third kappa shape index (κ3) is 4.62. The molecule has 1 aromatic heterocycles. The van der Waals surface area contributed by atoms with Gasteiger partial charge < -0.3 is 0 Å². The van der Waals surface area contributed by atoms with Gasteiger partial charge in [-0.15, -0.1) is 0 Å². The molecule has 94 valence electrons. The van der Waals surface area contributed by atoms with E-state index in [1.54, 1.807) is 11.8 Å². The lowest BCUT2D eigenvalue weighted by molar-refractivity contribution is 0.443. The first-order valence-corrected chi connectivity index (χ1v) is 7.39. The third-order valence-corrected chi connectivity index (χ3v) is 4.29. The second kappa shape index (κ2) is 6.34. The van der Waals surface area contributed by atoms with Crippen LogP contribution in [0.25, 0.3) is 0 Å². The summed E-state index contributed by atoms with van der Waals surface area (Å²) in [5, 5.41) is 12.5. The predicted octanol–water partition coefficient (Wildman–Crippen LogP) is 2.47. The van der Waals surface area contributed by atoms with Gasteiger partial charge in [-0.1, -0.05) is 18.7 Å². The van der Waals surface area contributed by atoms with Gasteiger partial charge >= 0.3 is 0 Å². The number of aryl methyl sites for hydroxylation is 1. The molecule has 0 aliphatic carbocycles. The van der Waals surface area contributed by atoms with E-state index in [0.29, 0.717) is 11.8 Å². The molecule has 0 amide bonds. The van der Waals surface area contributed by atoms with Crippen LogP contribution < -0.4 is 5.32 Å². The van der Waals surface area contributed by atoms with Gasteiger partial charge in [0.1, 0.15) is 11.4 Å². The highest BCUT2D eigenvalue weighted by Crippen LogP contribution is 2.24. The summed E-state index contributed by atoms with van der Waals surface area (Å²) in [6.45, 7) is 8.04. The van der Waals surface area contributed by atoms with Crippen LogP contribution in [0.4, 0.5) is 0 Å². The van der Waals surface area contributed by atoms with Gasteiger partial charge in [0.2, 0.25) is 0 Å². The summed E-state index contributed by atoms with van der Waals surface area (Å²) >= 11 is 3.00. The Morgan fingerprint density at radius 1 is 1.59 bits per heavy atom. The van der Waals surface area contributed by atoms with E-state index in [1.165, 1.54) is 11.5 Å². The van der Waals surface area contributed by atoms with Crippen molar-refractivity contribution >= 4 is 23.3 Å². The Labute approximate surface area is 111 Å². The molecule has 0 fully saturated rings. The van der Waals surface area contributed by atoms with E-state index in [0.717, 1.165) is 16.6 Å². The van der Waals surface area contributed by atoms with E-state index in [9.17, 15) is 5.26 Å². The van der Waals surface area contributed by atoms with Crippen LogP contribution in [0, 0.1) is 11.3 Å². The quantitative estimate of drug-likeness (QED) is 0.805. The molecule has 0 spiro atoms. The lowest BCUT2D eigenvalue weighted by Gasteiger charge is -2.24. The van der Waals surface area contributed by atoms with Crippen LogP contribution in [-0.4, -0.2) is 26.7 Å². The molecular weight excluding hydrogens is 252 g/mol. The Bertz CT molecular complexity index is 396. The van der Waals surface area contributed by atoms with E-state index in [2.05, 4.69) is 20.7 Å². The van der Waals surface area contributed by atoms with Gasteiger partial charge in [0.05, 0.1) is 6.07 Å². The van der Waals surface area contributed by atoms with Crippen molar-refractivity contribution in [3.63, 3.8) is 0 Å². The molecule has 1 unspecified atom stereocenters. The van der Waals surface area contributed by atoms with Gasteiger partial charge in [0.25, 0.3) is 0 Å². The largest absolute Gasteiger partial charge is 0.297 e. The standard InChI is InChI=1S/C11H18N4S2/c1-5-9-13-10(17-15-9)16-7-11(4,6-12)14-8(2)3/h8,14H,5,7H2,1-4H3. The number of nitriles is 1. The monoisotopic (exact) mass is 270 g/mol. The average Bonchev–Trinajstić information content (AvgIpc) is 2.73. The fourth-order valence-corrected chi connectivity index (χ4v) is 3.12. The molecule has 1 N–H and O–H groups in total. The van der Waals surface area contributed by atoms with Gasteiger partial charge in [0.15, 0.2) is 4.34 Å². The number of hydrogen-bond donors (Lipinski definition) is 1. The first kappa shape index (κ1) is 14.4. The summed E-state index contributed by atoms with van der Waals surface area (Å²) < 4.78 is 5.17. The Balaban J connectivity index is 2.56. The molecule has 1 aromatic rings. The molecule has 0 bridgehead atoms. The van der Waals surface area contributed by atoms with Gasteiger partial charge in [-0.3, -0.25) is 5.32 Å². The minimum Gasteiger partial charge on any atom is -0.297 e. The van der Waals surface area contributed by atoms with Gasteiger partial charge in [-0.2, -0.15) is 9.64 Å². The molecule has 1 heterocycles. The molecular formula is C11H18N4S2. The van der Waals surface area contributed by atoms with Crippen LogP contribution >= 0.6 is 23.3 Å². The number of aromatic nitrogens is 2. The topological polar surface area (TPSA) is 61.6 Å². The maximum absolute atomic E-state index is 9.21. The molecule has 0 saturated carbocycles. The smallest absolute Gasteiger partial charge is 0.170 e. The van der Waals surface area contributed by atoms with Gasteiger partial charge in [-0.05, 0) is 32.3 Å². The van der Waals surface area contributed by atoms with E-state index in [1.807, 2.05) is 27.7 Å². The molecule has 1 rings (SSSR count). The van der Waals surface area contributed by atoms with Crippen molar-refractivity contribution in [3.8, 4) is 6.07 Å². The second-order valence-corrected chi connectivity index (χ2v) is 6.34. The van der Waals surface area contributed by atoms with E-state index < -0.39 is 5.54 Å². The number of nitrogens with one attached hydrogen (secondary N) is 1. The van der Waals surface area contributed by atoms with Crippen molar-refractivity contribution in [2.24, 2.45) is 0 Å². The summed E-state index contributed by atoms with van der Waals surface area (Å²) in [5.41, 5.74) is -0.517. The normalized spacial score (nSPS) is 14.6. The van der Waals surface area contributed by atoms with Crippen molar-refractivity contribution in [2.45, 2.75) is 50.0 Å². The molecule has 17 heavy (non-hydrogen) atoms. The SMILES string of the molecule is CCc1nsc(SCC(C)(C#N)NC(C)C)n1. The van der Waals surface area contributed by atoms with Gasteiger partial charge in [0, 0.05) is 18.2 Å². The number of thioether (sulfide) groups is 1. The lowest BCUT2D eigenvalue weighted by atomic mass is 10.1. The third-order valence-electron chi connectivity index (χ3n) is 2.10. The molecule has 0 aromatic carbocycles. The predicted molar refractivity (Wildman–Crippen MR) is 72.3 cm³/mol. The summed E-state index contributed by atoms with van der Waals surface area (Å²) in [4.78, 5) is 4.38. The fraction of sp³-hybridized carbons (Fsp3) is 0.727. The van der Waals surface area contributed by atoms with Crippen LogP contribution in [0.5, 0.6) is 0 Å². The lowest BCUT2D eigenvalue weighted by Crippen LogP contribution is -2.47. The van der Waals surface area contributed by atoms with Crippen molar-refractivity contribution < 1.29 is 0 Å². The van der Waals surface area contributed by atoms with Crippen molar-refractivity contribution in [1.29, 1.82) is 5.26 Å². The van der Waals surface area contributed by atoms with Crippen LogP contribution in [0.1, 0.15) is 33.5 Å². The van der Waals surface area contributed by atoms with Crippen LogP contribution in [0.3, 0.4) is 0 Å². The summed E-state index contributed by atoms with van der Waals surface area (Å²) in [6, 6.07) is 2.62. The first-order valence-electron chi connectivity index (χ1n) is 5.63. The summed E-state index contributed by atoms with van der Waals surface area (Å²) in [7, 11) is 0. The zero-order valence-corrected chi connectivity index (χ0v) is 12.3. The molecule has 0 aliphatic heterocycles. The Kier molecular flexibility index (Phi) is 5.37. The molecule has 0 aliphatic rings. The highest BCUT2D eigenvalue weighted by molar-refractivity contribution is 8.01. The first-order chi connectivity index (χ1) is 7.99. The Morgan fingerprint density at radius 3 is 2.76 bits per heavy atom. The molecule has 0 saturated heterocycles. The summed E-state index contributed by atoms with van der Waals surface area (Å²) in [5.74, 6) is 1.56. The number of hydrogen-bond acceptors (Lipinski definition) is 6. The van der Waals surface area contributed by atoms with Crippen LogP contribution in [0.15, 0.2) is 4.34 Å². The highest BCUT2D eigenvalue weighted by atomic mass is 32.2. The van der Waals surface area contributed by atoms with Gasteiger partial charge in [-0.25, -0.2) is 4.98 Å². The zero-order valence-electron chi connectivity index (χ0n) is 10.6. The van der Waals surface area contributed by atoms with Crippen molar-refractivity contribution in [3.05, 3.63) is 5.82 Å². The second-order valence-electron chi connectivity index (χ2n) is 4.36. The summed E-state index contributed by atoms with van der Waals surface area (Å²) in [6.07, 6.45) is 0.858. The molecule has 4 nitrogen and oxygen atoms in total. The number of rotatable bonds is 6. The van der Waals surface area contributed by atoms with E-state index in [-0.39, 0.29) is 0 Å². The number of nitrogens with zero attached hydrogens (tertiary/aromatic N) is 3. The maximum Gasteiger partial charge on any atom is 0.170 e. The van der Waals surface area contributed by atoms with E-state index >= 15 is 0 Å². The molecule has 6 heteroatoms. The highest BCUT2D eigenvalue weighted by Gasteiger charge is 2.25. The average molecular weight is 270 g/mol. The maximum atomic E-state index is 9.21. The minimum atomic E-state index is -0.517. The van der Waals surface area contributed by atoms with Crippen molar-refractivity contribution in [1.82, 2.24) is 14.7 Å².